The van der Waals surface area contributed by atoms with E-state index in [2.05, 4.69) is 4.98 Å². The van der Waals surface area contributed by atoms with E-state index in [1.165, 1.54) is 7.11 Å². The summed E-state index contributed by atoms with van der Waals surface area (Å²) in [5.41, 5.74) is 1.61. The predicted octanol–water partition coefficient (Wildman–Crippen LogP) is 3.22. The molecule has 0 spiro atoms. The van der Waals surface area contributed by atoms with Gasteiger partial charge in [-0.2, -0.15) is 0 Å². The quantitative estimate of drug-likeness (QED) is 0.580. The van der Waals surface area contributed by atoms with Gasteiger partial charge in [-0.05, 0) is 24.3 Å². The van der Waals surface area contributed by atoms with E-state index in [9.17, 15) is 9.59 Å². The molecule has 3 aromatic rings. The van der Waals surface area contributed by atoms with Gasteiger partial charge in [0, 0.05) is 16.5 Å². The number of rotatable bonds is 5. The first-order valence-corrected chi connectivity index (χ1v) is 7.09. The first-order chi connectivity index (χ1) is 11.2. The summed E-state index contributed by atoms with van der Waals surface area (Å²) in [5.74, 6) is -0.261. The lowest BCUT2D eigenvalue weighted by molar-refractivity contribution is 0.0470. The minimum absolute atomic E-state index is 0.284. The zero-order chi connectivity index (χ0) is 16.2. The van der Waals surface area contributed by atoms with E-state index >= 15 is 0 Å². The van der Waals surface area contributed by atoms with Crippen LogP contribution in [0.3, 0.4) is 0 Å². The molecule has 0 unspecified atom stereocenters. The van der Waals surface area contributed by atoms with Crippen LogP contribution in [0, 0.1) is 0 Å². The Balaban J connectivity index is 1.67. The first kappa shape index (κ1) is 14.8. The number of para-hydroxylation sites is 1. The Kier molecular flexibility index (Phi) is 4.10. The molecule has 0 aliphatic rings. The lowest BCUT2D eigenvalue weighted by Crippen LogP contribution is -2.14. The highest BCUT2D eigenvalue weighted by Crippen LogP contribution is 2.16. The number of hydrogen-bond donors (Lipinski definition) is 1. The van der Waals surface area contributed by atoms with Crippen molar-refractivity contribution in [1.29, 1.82) is 0 Å². The number of ether oxygens (including phenoxy) is 2. The highest BCUT2D eigenvalue weighted by molar-refractivity contribution is 6.00. The Hall–Kier alpha value is -3.08. The molecule has 23 heavy (non-hydrogen) atoms. The van der Waals surface area contributed by atoms with Crippen molar-refractivity contribution in [2.75, 3.05) is 13.7 Å². The third kappa shape index (κ3) is 3.23. The van der Waals surface area contributed by atoms with E-state index < -0.39 is 5.97 Å². The molecule has 0 amide bonds. The maximum Gasteiger partial charge on any atom is 0.355 e. The molecule has 5 heteroatoms. The van der Waals surface area contributed by atoms with E-state index in [0.717, 1.165) is 10.9 Å². The minimum Gasteiger partial charge on any atom is -0.497 e. The van der Waals surface area contributed by atoms with Gasteiger partial charge in [-0.3, -0.25) is 4.79 Å². The normalized spacial score (nSPS) is 10.5. The molecule has 0 saturated heterocycles. The number of aromatic nitrogens is 1. The van der Waals surface area contributed by atoms with Crippen molar-refractivity contribution in [1.82, 2.24) is 4.98 Å². The van der Waals surface area contributed by atoms with Crippen molar-refractivity contribution in [2.45, 2.75) is 0 Å². The van der Waals surface area contributed by atoms with E-state index in [4.69, 9.17) is 9.47 Å². The summed E-state index contributed by atoms with van der Waals surface area (Å²) in [5, 5.41) is 0.915. The molecular formula is C18H15NO4. The molecule has 116 valence electrons. The molecule has 0 atom stereocenters. The van der Waals surface area contributed by atoms with Gasteiger partial charge in [0.1, 0.15) is 11.4 Å². The molecule has 0 fully saturated rings. The maximum atomic E-state index is 12.1. The number of methoxy groups -OCH3 is 1. The van der Waals surface area contributed by atoms with Crippen LogP contribution in [0.4, 0.5) is 0 Å². The van der Waals surface area contributed by atoms with Gasteiger partial charge in [0.2, 0.25) is 0 Å². The second-order valence-electron chi connectivity index (χ2n) is 5.00. The van der Waals surface area contributed by atoms with Gasteiger partial charge in [0.25, 0.3) is 0 Å². The number of nitrogens with one attached hydrogen (secondary N) is 1. The fourth-order valence-electron chi connectivity index (χ4n) is 2.27. The summed E-state index contributed by atoms with van der Waals surface area (Å²) in [6, 6.07) is 15.9. The van der Waals surface area contributed by atoms with Gasteiger partial charge in [-0.25, -0.2) is 4.79 Å². The molecule has 1 N–H and O–H groups in total. The number of aromatic amines is 1. The number of fused-ring (bicyclic) bond motifs is 1. The van der Waals surface area contributed by atoms with E-state index in [-0.39, 0.29) is 12.4 Å². The highest BCUT2D eigenvalue weighted by Gasteiger charge is 2.14. The largest absolute Gasteiger partial charge is 0.497 e. The zero-order valence-corrected chi connectivity index (χ0v) is 12.5. The fraction of sp³-hybridized carbons (Fsp3) is 0.111. The third-order valence-corrected chi connectivity index (χ3v) is 3.48. The second-order valence-corrected chi connectivity index (χ2v) is 5.00. The van der Waals surface area contributed by atoms with Crippen molar-refractivity contribution in [3.05, 3.63) is 65.9 Å². The van der Waals surface area contributed by atoms with Crippen LogP contribution in [-0.4, -0.2) is 30.5 Å². The number of ketones is 1. The Morgan fingerprint density at radius 1 is 1.04 bits per heavy atom. The highest BCUT2D eigenvalue weighted by atomic mass is 16.5. The number of H-pyrrole nitrogens is 1. The van der Waals surface area contributed by atoms with Crippen LogP contribution in [-0.2, 0) is 4.74 Å². The first-order valence-electron chi connectivity index (χ1n) is 7.09. The van der Waals surface area contributed by atoms with Crippen molar-refractivity contribution in [3.63, 3.8) is 0 Å². The molecule has 0 radical (unpaired) electrons. The average molecular weight is 309 g/mol. The molecule has 0 aliphatic carbocycles. The molecular weight excluding hydrogens is 294 g/mol. The van der Waals surface area contributed by atoms with Crippen molar-refractivity contribution >= 4 is 22.7 Å². The van der Waals surface area contributed by atoms with E-state index in [1.807, 2.05) is 24.3 Å². The summed E-state index contributed by atoms with van der Waals surface area (Å²) in [4.78, 5) is 27.1. The van der Waals surface area contributed by atoms with Crippen LogP contribution >= 0.6 is 0 Å². The topological polar surface area (TPSA) is 68.4 Å². The van der Waals surface area contributed by atoms with Crippen molar-refractivity contribution < 1.29 is 19.1 Å². The number of esters is 1. The van der Waals surface area contributed by atoms with E-state index in [0.29, 0.717) is 17.0 Å². The Morgan fingerprint density at radius 3 is 2.65 bits per heavy atom. The molecule has 0 aliphatic heterocycles. The van der Waals surface area contributed by atoms with Crippen LogP contribution in [0.25, 0.3) is 10.9 Å². The van der Waals surface area contributed by atoms with Crippen molar-refractivity contribution in [3.8, 4) is 5.75 Å². The predicted molar refractivity (Wildman–Crippen MR) is 85.9 cm³/mol. The van der Waals surface area contributed by atoms with E-state index in [1.54, 1.807) is 30.3 Å². The van der Waals surface area contributed by atoms with Crippen molar-refractivity contribution in [2.24, 2.45) is 0 Å². The molecule has 2 aromatic carbocycles. The van der Waals surface area contributed by atoms with Crippen LogP contribution in [0.5, 0.6) is 5.75 Å². The molecule has 1 aromatic heterocycles. The lowest BCUT2D eigenvalue weighted by Gasteiger charge is -2.05. The number of Topliss-reactive ketones (excluding diaryl/α,β-unsaturated/α-hetero) is 1. The molecule has 5 nitrogen and oxygen atoms in total. The van der Waals surface area contributed by atoms with Crippen LogP contribution in [0.15, 0.2) is 54.6 Å². The number of carbonyl (C=O) groups is 2. The number of carbonyl (C=O) groups excluding carboxylic acids is 2. The standard InChI is InChI=1S/C18H15NO4/c1-22-14-7-4-6-13(9-14)17(20)11-23-18(21)16-10-12-5-2-3-8-15(12)19-16/h2-10,19H,11H2,1H3. The number of benzene rings is 2. The fourth-order valence-corrected chi connectivity index (χ4v) is 2.27. The summed E-state index contributed by atoms with van der Waals surface area (Å²) in [7, 11) is 1.53. The van der Waals surface area contributed by atoms with Gasteiger partial charge in [-0.15, -0.1) is 0 Å². The summed E-state index contributed by atoms with van der Waals surface area (Å²) >= 11 is 0. The van der Waals surface area contributed by atoms with Gasteiger partial charge in [-0.1, -0.05) is 30.3 Å². The monoisotopic (exact) mass is 309 g/mol. The Morgan fingerprint density at radius 2 is 1.87 bits per heavy atom. The molecule has 0 saturated carbocycles. The smallest absolute Gasteiger partial charge is 0.355 e. The van der Waals surface area contributed by atoms with Gasteiger partial charge < -0.3 is 14.5 Å². The molecule has 1 heterocycles. The molecule has 0 bridgehead atoms. The number of hydrogen-bond acceptors (Lipinski definition) is 4. The Labute approximate surface area is 132 Å². The third-order valence-electron chi connectivity index (χ3n) is 3.48. The Bertz CT molecular complexity index is 833. The molecule has 3 rings (SSSR count). The minimum atomic E-state index is -0.558. The zero-order valence-electron chi connectivity index (χ0n) is 12.5. The SMILES string of the molecule is COc1cccc(C(=O)COC(=O)c2cc3ccccc3[nH]2)c1. The van der Waals surface area contributed by atoms with Gasteiger partial charge >= 0.3 is 5.97 Å². The second kappa shape index (κ2) is 6.36. The van der Waals surface area contributed by atoms with Crippen LogP contribution in [0.2, 0.25) is 0 Å². The summed E-state index contributed by atoms with van der Waals surface area (Å²) in [6.45, 7) is -0.318. The van der Waals surface area contributed by atoms with Gasteiger partial charge in [0.15, 0.2) is 12.4 Å². The van der Waals surface area contributed by atoms with Gasteiger partial charge in [0.05, 0.1) is 7.11 Å². The maximum absolute atomic E-state index is 12.1. The van der Waals surface area contributed by atoms with Crippen LogP contribution in [0.1, 0.15) is 20.8 Å². The average Bonchev–Trinajstić information content (AvgIpc) is 3.03. The summed E-state index contributed by atoms with van der Waals surface area (Å²) in [6.07, 6.45) is 0. The summed E-state index contributed by atoms with van der Waals surface area (Å²) < 4.78 is 10.2. The van der Waals surface area contributed by atoms with Crippen LogP contribution < -0.4 is 4.74 Å². The lowest BCUT2D eigenvalue weighted by atomic mass is 10.1.